The molecule has 1 aliphatic heterocycles. The first-order valence-corrected chi connectivity index (χ1v) is 11.0. The van der Waals surface area contributed by atoms with Crippen LogP contribution in [0.1, 0.15) is 35.8 Å². The number of aryl methyl sites for hydroxylation is 1. The van der Waals surface area contributed by atoms with Gasteiger partial charge in [-0.1, -0.05) is 55.0 Å². The second-order valence-corrected chi connectivity index (χ2v) is 8.66. The Labute approximate surface area is 187 Å². The number of carbonyl (C=O) groups excluding carboxylic acids is 2. The van der Waals surface area contributed by atoms with E-state index in [1.165, 1.54) is 4.57 Å². The molecule has 0 bridgehead atoms. The zero-order chi connectivity index (χ0) is 22.8. The molecule has 0 radical (unpaired) electrons. The van der Waals surface area contributed by atoms with E-state index >= 15 is 0 Å². The molecule has 3 aromatic rings. The molecular weight excluding hydrogens is 404 g/mol. The van der Waals surface area contributed by atoms with Gasteiger partial charge in [-0.25, -0.2) is 4.79 Å². The molecule has 6 nitrogen and oxygen atoms in total. The molecule has 1 amide bonds. The molecule has 1 fully saturated rings. The van der Waals surface area contributed by atoms with Gasteiger partial charge < -0.3 is 14.2 Å². The Morgan fingerprint density at radius 1 is 1.06 bits per heavy atom. The van der Waals surface area contributed by atoms with Gasteiger partial charge in [0.05, 0.1) is 0 Å². The van der Waals surface area contributed by atoms with Crippen molar-refractivity contribution in [2.75, 3.05) is 19.7 Å². The molecule has 32 heavy (non-hydrogen) atoms. The molecule has 0 N–H and O–H groups in total. The molecule has 4 rings (SSSR count). The molecule has 0 aliphatic carbocycles. The van der Waals surface area contributed by atoms with Crippen LogP contribution in [-0.2, 0) is 16.6 Å². The van der Waals surface area contributed by atoms with E-state index in [9.17, 15) is 14.4 Å². The highest BCUT2D eigenvalue weighted by Crippen LogP contribution is 2.31. The summed E-state index contributed by atoms with van der Waals surface area (Å²) in [4.78, 5) is 40.6. The lowest BCUT2D eigenvalue weighted by atomic mass is 9.96. The molecule has 6 heteroatoms. The first-order chi connectivity index (χ1) is 15.4. The van der Waals surface area contributed by atoms with Crippen LogP contribution in [0.5, 0.6) is 0 Å². The normalized spacial score (nSPS) is 16.2. The number of pyridine rings is 1. The summed E-state index contributed by atoms with van der Waals surface area (Å²) in [6.07, 6.45) is 2.06. The number of ether oxygens (including phenoxy) is 1. The Morgan fingerprint density at radius 3 is 2.44 bits per heavy atom. The van der Waals surface area contributed by atoms with E-state index in [-0.39, 0.29) is 23.8 Å². The average Bonchev–Trinajstić information content (AvgIpc) is 2.80. The highest BCUT2D eigenvalue weighted by molar-refractivity contribution is 6.07. The van der Waals surface area contributed by atoms with E-state index in [0.717, 1.165) is 24.0 Å². The van der Waals surface area contributed by atoms with Crippen LogP contribution in [0.4, 0.5) is 0 Å². The van der Waals surface area contributed by atoms with Gasteiger partial charge in [0.15, 0.2) is 6.61 Å². The number of carbonyl (C=O) groups is 2. The Morgan fingerprint density at radius 2 is 1.75 bits per heavy atom. The number of fused-ring (bicyclic) bond motifs is 1. The number of piperidine rings is 1. The van der Waals surface area contributed by atoms with Gasteiger partial charge in [-0.05, 0) is 42.7 Å². The van der Waals surface area contributed by atoms with Gasteiger partial charge in [-0.15, -0.1) is 0 Å². The van der Waals surface area contributed by atoms with Crippen molar-refractivity contribution in [1.29, 1.82) is 0 Å². The highest BCUT2D eigenvalue weighted by Gasteiger charge is 2.26. The summed E-state index contributed by atoms with van der Waals surface area (Å²) in [7, 11) is 1.57. The highest BCUT2D eigenvalue weighted by atomic mass is 16.5. The summed E-state index contributed by atoms with van der Waals surface area (Å²) in [6, 6.07) is 15.0. The SMILES string of the molecule is Cc1ccc(-c2c(C(=O)OCC(=O)N3CCCC(C)C3)n(C)c(=O)c3ccccc23)cc1. The van der Waals surface area contributed by atoms with Crippen molar-refractivity contribution < 1.29 is 14.3 Å². The predicted molar refractivity (Wildman–Crippen MR) is 125 cm³/mol. The van der Waals surface area contributed by atoms with Crippen molar-refractivity contribution in [1.82, 2.24) is 9.47 Å². The van der Waals surface area contributed by atoms with Crippen molar-refractivity contribution in [3.05, 3.63) is 70.1 Å². The van der Waals surface area contributed by atoms with Crippen molar-refractivity contribution in [2.45, 2.75) is 26.7 Å². The van der Waals surface area contributed by atoms with Crippen LogP contribution in [0.2, 0.25) is 0 Å². The molecular formula is C26H28N2O4. The van der Waals surface area contributed by atoms with Gasteiger partial charge in [0.1, 0.15) is 5.69 Å². The average molecular weight is 433 g/mol. The number of benzene rings is 2. The van der Waals surface area contributed by atoms with Crippen molar-refractivity contribution in [2.24, 2.45) is 13.0 Å². The standard InChI is InChI=1S/C26H28N2O4/c1-17-10-12-19(13-11-17)23-20-8-4-5-9-21(20)25(30)27(3)24(23)26(31)32-16-22(29)28-14-6-7-18(2)15-28/h4-5,8-13,18H,6-7,14-16H2,1-3H3. The van der Waals surface area contributed by atoms with Crippen LogP contribution in [0.15, 0.2) is 53.3 Å². The molecule has 0 spiro atoms. The molecule has 2 heterocycles. The van der Waals surface area contributed by atoms with Gasteiger partial charge in [0.25, 0.3) is 11.5 Å². The van der Waals surface area contributed by atoms with Crippen LogP contribution in [0.25, 0.3) is 21.9 Å². The Balaban J connectivity index is 1.72. The third kappa shape index (κ3) is 4.17. The quantitative estimate of drug-likeness (QED) is 0.586. The Kier molecular flexibility index (Phi) is 6.12. The van der Waals surface area contributed by atoms with Crippen molar-refractivity contribution >= 4 is 22.6 Å². The minimum absolute atomic E-state index is 0.150. The molecule has 1 unspecified atom stereocenters. The van der Waals surface area contributed by atoms with Gasteiger partial charge in [0.2, 0.25) is 0 Å². The maximum Gasteiger partial charge on any atom is 0.356 e. The number of nitrogens with zero attached hydrogens (tertiary/aromatic N) is 2. The smallest absolute Gasteiger partial charge is 0.356 e. The van der Waals surface area contributed by atoms with E-state index < -0.39 is 5.97 Å². The summed E-state index contributed by atoms with van der Waals surface area (Å²) in [5.41, 5.74) is 2.41. The number of amides is 1. The van der Waals surface area contributed by atoms with E-state index in [1.807, 2.05) is 43.3 Å². The van der Waals surface area contributed by atoms with Crippen LogP contribution in [0, 0.1) is 12.8 Å². The first kappa shape index (κ1) is 21.8. The van der Waals surface area contributed by atoms with E-state index in [2.05, 4.69) is 6.92 Å². The number of rotatable bonds is 4. The third-order valence-electron chi connectivity index (χ3n) is 6.17. The summed E-state index contributed by atoms with van der Waals surface area (Å²) in [5, 5.41) is 1.21. The van der Waals surface area contributed by atoms with Gasteiger partial charge in [0, 0.05) is 31.1 Å². The largest absolute Gasteiger partial charge is 0.451 e. The molecule has 2 aromatic carbocycles. The minimum atomic E-state index is -0.677. The maximum absolute atomic E-state index is 13.2. The molecule has 1 aromatic heterocycles. The van der Waals surface area contributed by atoms with Gasteiger partial charge in [-0.3, -0.25) is 9.59 Å². The molecule has 0 saturated carbocycles. The summed E-state index contributed by atoms with van der Waals surface area (Å²) >= 11 is 0. The number of esters is 1. The van der Waals surface area contributed by atoms with Gasteiger partial charge in [-0.2, -0.15) is 0 Å². The lowest BCUT2D eigenvalue weighted by molar-refractivity contribution is -0.136. The van der Waals surface area contributed by atoms with Crippen LogP contribution < -0.4 is 5.56 Å². The zero-order valence-corrected chi connectivity index (χ0v) is 18.8. The summed E-state index contributed by atoms with van der Waals surface area (Å²) in [6.45, 7) is 5.14. The lowest BCUT2D eigenvalue weighted by Gasteiger charge is -2.30. The molecule has 1 atom stereocenters. The predicted octanol–water partition coefficient (Wildman–Crippen LogP) is 3.93. The maximum atomic E-state index is 13.2. The number of hydrogen-bond donors (Lipinski definition) is 0. The number of hydrogen-bond acceptors (Lipinski definition) is 4. The molecule has 1 aliphatic rings. The van der Waals surface area contributed by atoms with Crippen molar-refractivity contribution in [3.63, 3.8) is 0 Å². The zero-order valence-electron chi connectivity index (χ0n) is 18.8. The van der Waals surface area contributed by atoms with Crippen LogP contribution >= 0.6 is 0 Å². The minimum Gasteiger partial charge on any atom is -0.451 e. The fourth-order valence-corrected chi connectivity index (χ4v) is 4.42. The topological polar surface area (TPSA) is 68.6 Å². The Hall–Kier alpha value is -3.41. The Bertz CT molecular complexity index is 1230. The van der Waals surface area contributed by atoms with Crippen LogP contribution in [0.3, 0.4) is 0 Å². The fourth-order valence-electron chi connectivity index (χ4n) is 4.42. The van der Waals surface area contributed by atoms with E-state index in [0.29, 0.717) is 35.3 Å². The second kappa shape index (κ2) is 8.99. The molecule has 166 valence electrons. The monoisotopic (exact) mass is 432 g/mol. The first-order valence-electron chi connectivity index (χ1n) is 11.0. The number of aromatic nitrogens is 1. The van der Waals surface area contributed by atoms with Gasteiger partial charge >= 0.3 is 5.97 Å². The third-order valence-corrected chi connectivity index (χ3v) is 6.17. The van der Waals surface area contributed by atoms with Crippen LogP contribution in [-0.4, -0.2) is 41.0 Å². The van der Waals surface area contributed by atoms with Crippen molar-refractivity contribution in [3.8, 4) is 11.1 Å². The number of likely N-dealkylation sites (tertiary alicyclic amines) is 1. The summed E-state index contributed by atoms with van der Waals surface area (Å²) < 4.78 is 6.79. The second-order valence-electron chi connectivity index (χ2n) is 8.66. The molecule has 1 saturated heterocycles. The lowest BCUT2D eigenvalue weighted by Crippen LogP contribution is -2.41. The van der Waals surface area contributed by atoms with E-state index in [4.69, 9.17) is 4.74 Å². The fraction of sp³-hybridized carbons (Fsp3) is 0.346. The summed E-state index contributed by atoms with van der Waals surface area (Å²) in [5.74, 6) is -0.435. The van der Waals surface area contributed by atoms with E-state index in [1.54, 1.807) is 24.1 Å².